The molecule has 18 heavy (non-hydrogen) atoms. The maximum Gasteiger partial charge on any atom is 0.224 e. The molecule has 0 aliphatic rings. The Bertz CT molecular complexity index is 588. The summed E-state index contributed by atoms with van der Waals surface area (Å²) in [4.78, 5) is 26.7. The molecule has 1 amide bonds. The molecule has 0 atom stereocenters. The highest BCUT2D eigenvalue weighted by molar-refractivity contribution is 6.00. The molecule has 0 aliphatic heterocycles. The van der Waals surface area contributed by atoms with Crippen LogP contribution in [0.4, 0.5) is 5.69 Å². The molecule has 0 bridgehead atoms. The molecule has 0 unspecified atom stereocenters. The van der Waals surface area contributed by atoms with E-state index in [-0.39, 0.29) is 24.5 Å². The average Bonchev–Trinajstić information content (AvgIpc) is 2.37. The van der Waals surface area contributed by atoms with Crippen molar-refractivity contribution in [3.63, 3.8) is 0 Å². The quantitative estimate of drug-likeness (QED) is 0.896. The van der Waals surface area contributed by atoms with Crippen LogP contribution < -0.4 is 5.32 Å². The van der Waals surface area contributed by atoms with E-state index in [2.05, 4.69) is 10.3 Å². The number of fused-ring (bicyclic) bond motifs is 1. The van der Waals surface area contributed by atoms with Crippen molar-refractivity contribution >= 4 is 28.3 Å². The minimum Gasteiger partial charge on any atom is -0.324 e. The number of pyridine rings is 1. The summed E-state index contributed by atoms with van der Waals surface area (Å²) < 4.78 is 0. The van der Waals surface area contributed by atoms with E-state index >= 15 is 0 Å². The summed E-state index contributed by atoms with van der Waals surface area (Å²) in [6.07, 6.45) is 2.16. The Hall–Kier alpha value is -2.23. The van der Waals surface area contributed by atoms with Crippen LogP contribution in [0.25, 0.3) is 10.9 Å². The first-order chi connectivity index (χ1) is 8.66. The summed E-state index contributed by atoms with van der Waals surface area (Å²) in [6.45, 7) is 1.48. The highest BCUT2D eigenvalue weighted by atomic mass is 16.2. The topological polar surface area (TPSA) is 59.1 Å². The predicted molar refractivity (Wildman–Crippen MR) is 70.3 cm³/mol. The Morgan fingerprint density at radius 3 is 2.72 bits per heavy atom. The van der Waals surface area contributed by atoms with Crippen LogP contribution in [0.3, 0.4) is 0 Å². The van der Waals surface area contributed by atoms with Crippen LogP contribution in [-0.4, -0.2) is 16.7 Å². The third kappa shape index (κ3) is 2.91. The van der Waals surface area contributed by atoms with Crippen molar-refractivity contribution in [2.45, 2.75) is 19.8 Å². The van der Waals surface area contributed by atoms with Gasteiger partial charge < -0.3 is 10.1 Å². The number of benzene rings is 1. The van der Waals surface area contributed by atoms with Gasteiger partial charge in [-0.3, -0.25) is 9.78 Å². The molecule has 0 fully saturated rings. The number of aromatic nitrogens is 1. The van der Waals surface area contributed by atoms with Gasteiger partial charge in [0.2, 0.25) is 5.91 Å². The van der Waals surface area contributed by atoms with E-state index in [4.69, 9.17) is 0 Å². The van der Waals surface area contributed by atoms with Gasteiger partial charge >= 0.3 is 0 Å². The van der Waals surface area contributed by atoms with Gasteiger partial charge in [-0.1, -0.05) is 18.2 Å². The molecule has 1 heterocycles. The first-order valence-corrected chi connectivity index (χ1v) is 5.80. The zero-order valence-corrected chi connectivity index (χ0v) is 10.1. The number of hydrogen-bond donors (Lipinski definition) is 1. The van der Waals surface area contributed by atoms with Crippen molar-refractivity contribution in [3.8, 4) is 0 Å². The number of carbonyl (C=O) groups is 2. The fraction of sp³-hybridized carbons (Fsp3) is 0.214. The number of amides is 1. The minimum atomic E-state index is -0.164. The normalized spacial score (nSPS) is 10.3. The van der Waals surface area contributed by atoms with Crippen molar-refractivity contribution in [1.29, 1.82) is 0 Å². The van der Waals surface area contributed by atoms with E-state index in [0.29, 0.717) is 5.69 Å². The Balaban J connectivity index is 2.16. The van der Waals surface area contributed by atoms with Gasteiger partial charge in [0.1, 0.15) is 5.78 Å². The number of nitrogens with zero attached hydrogens (tertiary/aromatic N) is 1. The molecule has 1 aromatic heterocycles. The van der Waals surface area contributed by atoms with Gasteiger partial charge in [0.25, 0.3) is 0 Å². The van der Waals surface area contributed by atoms with Gasteiger partial charge in [-0.25, -0.2) is 0 Å². The van der Waals surface area contributed by atoms with Gasteiger partial charge in [0, 0.05) is 24.4 Å². The van der Waals surface area contributed by atoms with Gasteiger partial charge in [0.05, 0.1) is 11.2 Å². The average molecular weight is 242 g/mol. The third-order valence-corrected chi connectivity index (χ3v) is 2.61. The molecule has 1 aromatic carbocycles. The number of hydrogen-bond acceptors (Lipinski definition) is 3. The van der Waals surface area contributed by atoms with Crippen molar-refractivity contribution in [2.75, 3.05) is 5.32 Å². The van der Waals surface area contributed by atoms with Crippen LogP contribution in [0.1, 0.15) is 19.8 Å². The highest BCUT2D eigenvalue weighted by Crippen LogP contribution is 2.20. The van der Waals surface area contributed by atoms with Crippen LogP contribution in [0.5, 0.6) is 0 Å². The van der Waals surface area contributed by atoms with Gasteiger partial charge in [-0.2, -0.15) is 0 Å². The number of nitrogens with one attached hydrogen (secondary N) is 1. The molecule has 0 spiro atoms. The largest absolute Gasteiger partial charge is 0.324 e. The number of carbonyl (C=O) groups excluding carboxylic acids is 2. The minimum absolute atomic E-state index is 0.0150. The summed E-state index contributed by atoms with van der Waals surface area (Å²) in [7, 11) is 0. The second-order valence-electron chi connectivity index (χ2n) is 4.13. The molecule has 0 saturated heterocycles. The van der Waals surface area contributed by atoms with E-state index < -0.39 is 0 Å². The first-order valence-electron chi connectivity index (χ1n) is 5.80. The second-order valence-corrected chi connectivity index (χ2v) is 4.13. The van der Waals surface area contributed by atoms with Crippen LogP contribution in [0.15, 0.2) is 36.5 Å². The Labute approximate surface area is 105 Å². The number of rotatable bonds is 4. The van der Waals surface area contributed by atoms with Crippen LogP contribution >= 0.6 is 0 Å². The maximum absolute atomic E-state index is 11.7. The highest BCUT2D eigenvalue weighted by Gasteiger charge is 2.07. The summed E-state index contributed by atoms with van der Waals surface area (Å²) in [5, 5.41) is 3.76. The summed E-state index contributed by atoms with van der Waals surface area (Å²) in [6, 6.07) is 9.40. The van der Waals surface area contributed by atoms with Crippen LogP contribution in [0, 0.1) is 0 Å². The molecule has 0 saturated carbocycles. The van der Waals surface area contributed by atoms with Crippen LogP contribution in [-0.2, 0) is 9.59 Å². The molecule has 2 aromatic rings. The van der Waals surface area contributed by atoms with Gasteiger partial charge in [-0.05, 0) is 19.1 Å². The fourth-order valence-corrected chi connectivity index (χ4v) is 1.71. The van der Waals surface area contributed by atoms with Crippen molar-refractivity contribution in [2.24, 2.45) is 0 Å². The number of anilines is 1. The molecule has 2 rings (SSSR count). The van der Waals surface area contributed by atoms with Crippen molar-refractivity contribution in [1.82, 2.24) is 4.98 Å². The zero-order valence-electron chi connectivity index (χ0n) is 10.1. The lowest BCUT2D eigenvalue weighted by Gasteiger charge is -2.07. The fourth-order valence-electron chi connectivity index (χ4n) is 1.71. The molecule has 1 N–H and O–H groups in total. The molecular weight excluding hydrogens is 228 g/mol. The zero-order chi connectivity index (χ0) is 13.0. The Kier molecular flexibility index (Phi) is 3.67. The Morgan fingerprint density at radius 2 is 1.94 bits per heavy atom. The SMILES string of the molecule is CC(=O)CCC(=O)Nc1cccc2cccnc12. The van der Waals surface area contributed by atoms with Gasteiger partial charge in [0.15, 0.2) is 0 Å². The molecule has 4 heteroatoms. The lowest BCUT2D eigenvalue weighted by atomic mass is 10.2. The van der Waals surface area contributed by atoms with E-state index in [1.165, 1.54) is 6.92 Å². The molecule has 0 radical (unpaired) electrons. The monoisotopic (exact) mass is 242 g/mol. The second kappa shape index (κ2) is 5.40. The lowest BCUT2D eigenvalue weighted by Crippen LogP contribution is -2.13. The predicted octanol–water partition coefficient (Wildman–Crippen LogP) is 2.54. The smallest absolute Gasteiger partial charge is 0.224 e. The van der Waals surface area contributed by atoms with E-state index in [1.54, 1.807) is 12.3 Å². The van der Waals surface area contributed by atoms with Crippen molar-refractivity contribution < 1.29 is 9.59 Å². The molecular formula is C14H14N2O2. The summed E-state index contributed by atoms with van der Waals surface area (Å²) in [5.74, 6) is -0.149. The van der Waals surface area contributed by atoms with E-state index in [1.807, 2.05) is 24.3 Å². The van der Waals surface area contributed by atoms with E-state index in [9.17, 15) is 9.59 Å². The number of Topliss-reactive ketones (excluding diaryl/α,β-unsaturated/α-hetero) is 1. The lowest BCUT2D eigenvalue weighted by molar-refractivity contribution is -0.121. The maximum atomic E-state index is 11.7. The summed E-state index contributed by atoms with van der Waals surface area (Å²) >= 11 is 0. The number of ketones is 1. The molecule has 92 valence electrons. The first kappa shape index (κ1) is 12.2. The van der Waals surface area contributed by atoms with Crippen molar-refractivity contribution in [3.05, 3.63) is 36.5 Å². The number of para-hydroxylation sites is 1. The molecule has 4 nitrogen and oxygen atoms in total. The summed E-state index contributed by atoms with van der Waals surface area (Å²) in [5.41, 5.74) is 1.44. The third-order valence-electron chi connectivity index (χ3n) is 2.61. The standard InChI is InChI=1S/C14H14N2O2/c1-10(17)7-8-13(18)16-12-6-2-4-11-5-3-9-15-14(11)12/h2-6,9H,7-8H2,1H3,(H,16,18). The Morgan fingerprint density at radius 1 is 1.17 bits per heavy atom. The van der Waals surface area contributed by atoms with E-state index in [0.717, 1.165) is 10.9 Å². The van der Waals surface area contributed by atoms with Crippen LogP contribution in [0.2, 0.25) is 0 Å². The molecule has 0 aliphatic carbocycles. The van der Waals surface area contributed by atoms with Gasteiger partial charge in [-0.15, -0.1) is 0 Å².